The van der Waals surface area contributed by atoms with Crippen LogP contribution in [0.15, 0.2) is 11.2 Å². The average molecular weight is 377 g/mol. The van der Waals surface area contributed by atoms with Crippen molar-refractivity contribution in [1.82, 2.24) is 14.7 Å². The highest BCUT2D eigenvalue weighted by Gasteiger charge is 2.38. The number of amides is 1. The summed E-state index contributed by atoms with van der Waals surface area (Å²) in [6, 6.07) is 0.281. The maximum Gasteiger partial charge on any atom is 0.410 e. The Labute approximate surface area is 161 Å². The number of isocyanates is 1. The Morgan fingerprint density at radius 2 is 2.00 bits per heavy atom. The smallest absolute Gasteiger partial charge is 0.410 e. The minimum absolute atomic E-state index is 0.281. The van der Waals surface area contributed by atoms with Gasteiger partial charge in [0.2, 0.25) is 6.08 Å². The number of hydrogen-bond donors (Lipinski definition) is 0. The van der Waals surface area contributed by atoms with Crippen LogP contribution in [0.2, 0.25) is 0 Å². The summed E-state index contributed by atoms with van der Waals surface area (Å²) in [6.45, 7) is 12.9. The Kier molecular flexibility index (Phi) is 6.47. The normalized spacial score (nSPS) is 16.9. The van der Waals surface area contributed by atoms with Crippen molar-refractivity contribution in [3.8, 4) is 0 Å². The monoisotopic (exact) mass is 376 g/mol. The predicted molar refractivity (Wildman–Crippen MR) is 104 cm³/mol. The Hall–Kier alpha value is -2.14. The molecule has 1 fully saturated rings. The maximum absolute atomic E-state index is 12.3. The maximum atomic E-state index is 12.3. The van der Waals surface area contributed by atoms with E-state index in [1.807, 2.05) is 25.5 Å². The first-order valence-electron chi connectivity index (χ1n) is 9.73. The molecule has 1 saturated heterocycles. The van der Waals surface area contributed by atoms with Gasteiger partial charge in [0.25, 0.3) is 0 Å². The molecule has 1 aliphatic rings. The summed E-state index contributed by atoms with van der Waals surface area (Å²) in [5.74, 6) is 0. The van der Waals surface area contributed by atoms with Gasteiger partial charge in [0.05, 0.1) is 11.2 Å². The van der Waals surface area contributed by atoms with E-state index in [1.165, 1.54) is 0 Å². The quantitative estimate of drug-likeness (QED) is 0.580. The van der Waals surface area contributed by atoms with Gasteiger partial charge in [-0.25, -0.2) is 9.59 Å². The summed E-state index contributed by atoms with van der Waals surface area (Å²) in [6.07, 6.45) is 6.20. The third kappa shape index (κ3) is 5.42. The summed E-state index contributed by atoms with van der Waals surface area (Å²) in [4.78, 5) is 29.3. The first-order chi connectivity index (χ1) is 12.6. The molecule has 0 bridgehead atoms. The van der Waals surface area contributed by atoms with Crippen LogP contribution in [-0.4, -0.2) is 51.1 Å². The molecule has 150 valence electrons. The van der Waals surface area contributed by atoms with E-state index in [0.29, 0.717) is 32.4 Å². The zero-order chi connectivity index (χ0) is 20.2. The second-order valence-electron chi connectivity index (χ2n) is 8.60. The molecule has 0 spiro atoms. The molecular formula is C20H32N4O3. The fourth-order valence-electron chi connectivity index (χ4n) is 3.39. The molecule has 2 rings (SSSR count). The first kappa shape index (κ1) is 21.2. The van der Waals surface area contributed by atoms with E-state index in [0.717, 1.165) is 17.7 Å². The molecular weight excluding hydrogens is 344 g/mol. The number of piperidine rings is 1. The van der Waals surface area contributed by atoms with Crippen LogP contribution in [0.25, 0.3) is 0 Å². The lowest BCUT2D eigenvalue weighted by molar-refractivity contribution is 0.0170. The lowest BCUT2D eigenvalue weighted by Gasteiger charge is -2.38. The van der Waals surface area contributed by atoms with Gasteiger partial charge in [-0.05, 0) is 59.4 Å². The molecule has 2 heterocycles. The van der Waals surface area contributed by atoms with Gasteiger partial charge in [-0.15, -0.1) is 0 Å². The van der Waals surface area contributed by atoms with Gasteiger partial charge >= 0.3 is 6.09 Å². The average Bonchev–Trinajstić information content (AvgIpc) is 2.97. The van der Waals surface area contributed by atoms with Crippen LogP contribution in [0.3, 0.4) is 0 Å². The Bertz CT molecular complexity index is 703. The third-order valence-corrected chi connectivity index (χ3v) is 4.91. The summed E-state index contributed by atoms with van der Waals surface area (Å²) in [5, 5.41) is 4.66. The van der Waals surface area contributed by atoms with Gasteiger partial charge in [0, 0.05) is 31.7 Å². The van der Waals surface area contributed by atoms with Crippen molar-refractivity contribution < 1.29 is 14.3 Å². The standard InChI is InChI=1S/C20H32N4O3/c1-7-17-16(13-24(22-17)15(2)3)12-20(21-14-25)8-10-23(11-9-20)18(26)27-19(4,5)6/h13,15H,7-12H2,1-6H3. The number of hydrogen-bond acceptors (Lipinski definition) is 5. The van der Waals surface area contributed by atoms with Crippen LogP contribution >= 0.6 is 0 Å². The second kappa shape index (κ2) is 8.26. The molecule has 27 heavy (non-hydrogen) atoms. The zero-order valence-corrected chi connectivity index (χ0v) is 17.4. The van der Waals surface area contributed by atoms with Crippen LogP contribution in [-0.2, 0) is 22.4 Å². The molecule has 7 heteroatoms. The largest absolute Gasteiger partial charge is 0.444 e. The van der Waals surface area contributed by atoms with Gasteiger partial charge in [-0.3, -0.25) is 4.68 Å². The predicted octanol–water partition coefficient (Wildman–Crippen LogP) is 3.67. The number of ether oxygens (including phenoxy) is 1. The van der Waals surface area contributed by atoms with Crippen molar-refractivity contribution >= 4 is 12.2 Å². The van der Waals surface area contributed by atoms with Crippen molar-refractivity contribution in [3.05, 3.63) is 17.5 Å². The van der Waals surface area contributed by atoms with Crippen LogP contribution in [0.5, 0.6) is 0 Å². The minimum atomic E-state index is -0.533. The van der Waals surface area contributed by atoms with Crippen molar-refractivity contribution in [2.24, 2.45) is 4.99 Å². The van der Waals surface area contributed by atoms with Gasteiger partial charge in [0.1, 0.15) is 5.60 Å². The van der Waals surface area contributed by atoms with Gasteiger partial charge in [0.15, 0.2) is 0 Å². The molecule has 0 N–H and O–H groups in total. The van der Waals surface area contributed by atoms with Crippen molar-refractivity contribution in [2.75, 3.05) is 13.1 Å². The SMILES string of the molecule is CCc1nn(C(C)C)cc1CC1(N=C=O)CCN(C(=O)OC(C)(C)C)CC1. The number of nitrogens with zero attached hydrogens (tertiary/aromatic N) is 4. The highest BCUT2D eigenvalue weighted by Crippen LogP contribution is 2.32. The number of carbonyl (C=O) groups excluding carboxylic acids is 2. The fraction of sp³-hybridized carbons (Fsp3) is 0.750. The van der Waals surface area contributed by atoms with E-state index in [9.17, 15) is 9.59 Å². The lowest BCUT2D eigenvalue weighted by atomic mass is 9.82. The molecule has 0 saturated carbocycles. The number of aromatic nitrogens is 2. The van der Waals surface area contributed by atoms with Crippen LogP contribution < -0.4 is 0 Å². The topological polar surface area (TPSA) is 76.8 Å². The number of rotatable bonds is 5. The van der Waals surface area contributed by atoms with E-state index in [2.05, 4.69) is 37.1 Å². The van der Waals surface area contributed by atoms with E-state index in [-0.39, 0.29) is 12.1 Å². The summed E-state index contributed by atoms with van der Waals surface area (Å²) in [7, 11) is 0. The second-order valence-corrected chi connectivity index (χ2v) is 8.60. The summed E-state index contributed by atoms with van der Waals surface area (Å²) >= 11 is 0. The van der Waals surface area contributed by atoms with Crippen molar-refractivity contribution in [2.45, 2.75) is 84.4 Å². The number of aliphatic imine (C=N–C) groups is 1. The third-order valence-electron chi connectivity index (χ3n) is 4.91. The van der Waals surface area contributed by atoms with Crippen molar-refractivity contribution in [1.29, 1.82) is 0 Å². The summed E-state index contributed by atoms with van der Waals surface area (Å²) in [5.41, 5.74) is 1.11. The Balaban J connectivity index is 2.14. The van der Waals surface area contributed by atoms with Gasteiger partial charge in [-0.2, -0.15) is 10.1 Å². The molecule has 7 nitrogen and oxygen atoms in total. The van der Waals surface area contributed by atoms with Crippen LogP contribution in [0.1, 0.15) is 71.7 Å². The van der Waals surface area contributed by atoms with E-state index in [4.69, 9.17) is 4.74 Å². The highest BCUT2D eigenvalue weighted by molar-refractivity contribution is 5.68. The number of likely N-dealkylation sites (tertiary alicyclic amines) is 1. The Morgan fingerprint density at radius 3 is 2.48 bits per heavy atom. The zero-order valence-electron chi connectivity index (χ0n) is 17.4. The first-order valence-corrected chi connectivity index (χ1v) is 9.73. The van der Waals surface area contributed by atoms with Gasteiger partial charge < -0.3 is 9.64 Å². The fourth-order valence-corrected chi connectivity index (χ4v) is 3.39. The Morgan fingerprint density at radius 1 is 1.37 bits per heavy atom. The number of carbonyl (C=O) groups is 1. The summed E-state index contributed by atoms with van der Waals surface area (Å²) < 4.78 is 7.42. The minimum Gasteiger partial charge on any atom is -0.444 e. The molecule has 1 amide bonds. The van der Waals surface area contributed by atoms with Crippen LogP contribution in [0, 0.1) is 0 Å². The molecule has 0 radical (unpaired) electrons. The molecule has 1 aromatic heterocycles. The number of aryl methyl sites for hydroxylation is 1. The molecule has 1 aliphatic heterocycles. The molecule has 0 atom stereocenters. The van der Waals surface area contributed by atoms with Crippen molar-refractivity contribution in [3.63, 3.8) is 0 Å². The molecule has 0 unspecified atom stereocenters. The van der Waals surface area contributed by atoms with E-state index >= 15 is 0 Å². The molecule has 0 aliphatic carbocycles. The van der Waals surface area contributed by atoms with E-state index < -0.39 is 11.1 Å². The highest BCUT2D eigenvalue weighted by atomic mass is 16.6. The van der Waals surface area contributed by atoms with Crippen LogP contribution in [0.4, 0.5) is 4.79 Å². The van der Waals surface area contributed by atoms with Gasteiger partial charge in [-0.1, -0.05) is 6.92 Å². The lowest BCUT2D eigenvalue weighted by Crippen LogP contribution is -2.48. The van der Waals surface area contributed by atoms with E-state index in [1.54, 1.807) is 11.0 Å². The molecule has 0 aromatic carbocycles. The molecule has 1 aromatic rings.